The molecule has 0 radical (unpaired) electrons. The van der Waals surface area contributed by atoms with Gasteiger partial charge in [-0.25, -0.2) is 14.4 Å². The number of hydrogen-bond acceptors (Lipinski definition) is 7. The van der Waals surface area contributed by atoms with Crippen LogP contribution in [0.5, 0.6) is 0 Å². The molecule has 10 nitrogen and oxygen atoms in total. The minimum Gasteiger partial charge on any atom is -0.467 e. The third-order valence-corrected chi connectivity index (χ3v) is 6.58. The lowest BCUT2D eigenvalue weighted by Crippen LogP contribution is -2.42. The van der Waals surface area contributed by atoms with E-state index in [1.54, 1.807) is 36.4 Å². The summed E-state index contributed by atoms with van der Waals surface area (Å²) in [4.78, 5) is 46.0. The summed E-state index contributed by atoms with van der Waals surface area (Å²) >= 11 is 0. The normalized spacial score (nSPS) is 13.1. The van der Waals surface area contributed by atoms with Gasteiger partial charge in [-0.2, -0.15) is 0 Å². The minimum atomic E-state index is -3.71. The van der Waals surface area contributed by atoms with Crippen LogP contribution in [0.25, 0.3) is 0 Å². The first kappa shape index (κ1) is 26.9. The topological polar surface area (TPSA) is 140 Å². The SMILES string of the molecule is COC(=O)[C@H](CCP(=O)(O)CCNC(=O)OCc1ccccc1)NC(=O)OCc1ccccc1. The molecule has 0 saturated heterocycles. The Labute approximate surface area is 198 Å². The van der Waals surface area contributed by atoms with Gasteiger partial charge in [-0.15, -0.1) is 0 Å². The second kappa shape index (κ2) is 14.0. The first-order chi connectivity index (χ1) is 16.3. The number of methoxy groups -OCH3 is 1. The summed E-state index contributed by atoms with van der Waals surface area (Å²) in [6.45, 7) is -0.00174. The number of esters is 1. The molecule has 0 aliphatic rings. The molecule has 1 unspecified atom stereocenters. The van der Waals surface area contributed by atoms with Crippen molar-refractivity contribution in [3.63, 3.8) is 0 Å². The van der Waals surface area contributed by atoms with E-state index in [1.165, 1.54) is 0 Å². The van der Waals surface area contributed by atoms with E-state index in [9.17, 15) is 23.8 Å². The molecular weight excluding hydrogens is 463 g/mol. The second-order valence-electron chi connectivity index (χ2n) is 7.35. The van der Waals surface area contributed by atoms with E-state index in [1.807, 2.05) is 24.3 Å². The van der Waals surface area contributed by atoms with E-state index in [2.05, 4.69) is 15.4 Å². The fourth-order valence-electron chi connectivity index (χ4n) is 2.85. The van der Waals surface area contributed by atoms with E-state index in [-0.39, 0.29) is 38.5 Å². The highest BCUT2D eigenvalue weighted by Gasteiger charge is 2.27. The molecule has 0 fully saturated rings. The number of carbonyl (C=O) groups is 3. The van der Waals surface area contributed by atoms with Gasteiger partial charge < -0.3 is 29.7 Å². The van der Waals surface area contributed by atoms with Crippen molar-refractivity contribution in [2.45, 2.75) is 25.7 Å². The average molecular weight is 492 g/mol. The fraction of sp³-hybridized carbons (Fsp3) is 0.348. The van der Waals surface area contributed by atoms with Crippen LogP contribution in [-0.4, -0.2) is 55.1 Å². The summed E-state index contributed by atoms with van der Waals surface area (Å²) in [7, 11) is -2.56. The van der Waals surface area contributed by atoms with Gasteiger partial charge in [0.05, 0.1) is 7.11 Å². The number of hydrogen-bond donors (Lipinski definition) is 3. The van der Waals surface area contributed by atoms with Crippen molar-refractivity contribution < 1.29 is 38.1 Å². The molecule has 2 atom stereocenters. The number of amides is 2. The molecule has 0 aromatic heterocycles. The van der Waals surface area contributed by atoms with Crippen LogP contribution < -0.4 is 10.6 Å². The Balaban J connectivity index is 1.73. The van der Waals surface area contributed by atoms with E-state index >= 15 is 0 Å². The zero-order valence-corrected chi connectivity index (χ0v) is 19.7. The molecule has 0 aliphatic heterocycles. The highest BCUT2D eigenvalue weighted by atomic mass is 31.2. The molecule has 11 heteroatoms. The minimum absolute atomic E-state index is 0.00506. The predicted octanol–water partition coefficient (Wildman–Crippen LogP) is 3.04. The molecule has 0 aliphatic carbocycles. The van der Waals surface area contributed by atoms with Gasteiger partial charge in [-0.05, 0) is 17.5 Å². The predicted molar refractivity (Wildman–Crippen MR) is 124 cm³/mol. The summed E-state index contributed by atoms with van der Waals surface area (Å²) in [6, 6.07) is 16.9. The van der Waals surface area contributed by atoms with Crippen LogP contribution in [0.1, 0.15) is 17.5 Å². The van der Waals surface area contributed by atoms with Crippen LogP contribution in [0, 0.1) is 0 Å². The van der Waals surface area contributed by atoms with E-state index < -0.39 is 31.6 Å². The molecule has 2 aromatic carbocycles. The van der Waals surface area contributed by atoms with Gasteiger partial charge in [0.15, 0.2) is 0 Å². The lowest BCUT2D eigenvalue weighted by molar-refractivity contribution is -0.143. The Morgan fingerprint density at radius 1 is 0.882 bits per heavy atom. The molecular formula is C23H29N2O8P. The number of benzene rings is 2. The number of ether oxygens (including phenoxy) is 3. The maximum Gasteiger partial charge on any atom is 0.408 e. The number of rotatable bonds is 12. The number of alkyl carbamates (subject to hydrolysis) is 2. The number of nitrogens with one attached hydrogen (secondary N) is 2. The van der Waals surface area contributed by atoms with Gasteiger partial charge in [0.25, 0.3) is 0 Å². The standard InChI is InChI=1S/C23H29N2O8P/c1-31-21(26)20(25-23(28)33-17-19-10-6-3-7-11-19)12-14-34(29,30)15-13-24-22(27)32-16-18-8-4-2-5-9-18/h2-11,20H,12-17H2,1H3,(H,24,27)(H,25,28)(H,29,30)/t20-/m0/s1. The third kappa shape index (κ3) is 10.5. The smallest absolute Gasteiger partial charge is 0.408 e. The molecule has 184 valence electrons. The fourth-order valence-corrected chi connectivity index (χ4v) is 4.19. The molecule has 0 spiro atoms. The van der Waals surface area contributed by atoms with Crippen molar-refractivity contribution in [3.05, 3.63) is 71.8 Å². The third-order valence-electron chi connectivity index (χ3n) is 4.70. The molecule has 34 heavy (non-hydrogen) atoms. The van der Waals surface area contributed by atoms with Crippen LogP contribution in [0.2, 0.25) is 0 Å². The van der Waals surface area contributed by atoms with Crippen molar-refractivity contribution in [2.24, 2.45) is 0 Å². The second-order valence-corrected chi connectivity index (χ2v) is 9.94. The van der Waals surface area contributed by atoms with Crippen LogP contribution in [0.3, 0.4) is 0 Å². The molecule has 0 heterocycles. The molecule has 3 N–H and O–H groups in total. The molecule has 0 bridgehead atoms. The van der Waals surface area contributed by atoms with Crippen LogP contribution >= 0.6 is 7.37 Å². The summed E-state index contributed by atoms with van der Waals surface area (Å²) in [5.41, 5.74) is 1.58. The number of carbonyl (C=O) groups excluding carboxylic acids is 3. The van der Waals surface area contributed by atoms with Crippen molar-refractivity contribution >= 4 is 25.5 Å². The zero-order chi connectivity index (χ0) is 24.8. The lowest BCUT2D eigenvalue weighted by Gasteiger charge is -2.18. The Morgan fingerprint density at radius 3 is 1.94 bits per heavy atom. The van der Waals surface area contributed by atoms with Crippen LogP contribution in [0.4, 0.5) is 9.59 Å². The van der Waals surface area contributed by atoms with Gasteiger partial charge in [0.1, 0.15) is 19.3 Å². The molecule has 0 saturated carbocycles. The largest absolute Gasteiger partial charge is 0.467 e. The van der Waals surface area contributed by atoms with Gasteiger partial charge >= 0.3 is 18.2 Å². The van der Waals surface area contributed by atoms with E-state index in [0.29, 0.717) is 0 Å². The van der Waals surface area contributed by atoms with Gasteiger partial charge in [-0.1, -0.05) is 60.7 Å². The van der Waals surface area contributed by atoms with Crippen LogP contribution in [-0.2, 0) is 36.8 Å². The van der Waals surface area contributed by atoms with E-state index in [0.717, 1.165) is 18.2 Å². The average Bonchev–Trinajstić information content (AvgIpc) is 2.84. The Hall–Kier alpha value is -3.36. The highest BCUT2D eigenvalue weighted by molar-refractivity contribution is 7.58. The Bertz CT molecular complexity index is 971. The van der Waals surface area contributed by atoms with E-state index in [4.69, 9.17) is 9.47 Å². The maximum absolute atomic E-state index is 12.5. The molecule has 2 rings (SSSR count). The first-order valence-corrected chi connectivity index (χ1v) is 12.6. The highest BCUT2D eigenvalue weighted by Crippen LogP contribution is 2.40. The van der Waals surface area contributed by atoms with Gasteiger partial charge in [0, 0.05) is 18.9 Å². The Morgan fingerprint density at radius 2 is 1.41 bits per heavy atom. The first-order valence-electron chi connectivity index (χ1n) is 10.6. The van der Waals surface area contributed by atoms with Crippen molar-refractivity contribution in [1.82, 2.24) is 10.6 Å². The van der Waals surface area contributed by atoms with Crippen molar-refractivity contribution in [3.8, 4) is 0 Å². The quantitative estimate of drug-likeness (QED) is 0.233. The monoisotopic (exact) mass is 492 g/mol. The Kier molecular flexibility index (Phi) is 11.1. The molecule has 2 aromatic rings. The maximum atomic E-state index is 12.5. The molecule has 2 amide bonds. The van der Waals surface area contributed by atoms with Gasteiger partial charge in [0.2, 0.25) is 7.37 Å². The van der Waals surface area contributed by atoms with Crippen molar-refractivity contribution in [2.75, 3.05) is 26.0 Å². The summed E-state index contributed by atoms with van der Waals surface area (Å²) in [6.07, 6.45) is -2.19. The van der Waals surface area contributed by atoms with Crippen molar-refractivity contribution in [1.29, 1.82) is 0 Å². The van der Waals surface area contributed by atoms with Gasteiger partial charge in [-0.3, -0.25) is 4.57 Å². The summed E-state index contributed by atoms with van der Waals surface area (Å²) in [5, 5.41) is 4.78. The summed E-state index contributed by atoms with van der Waals surface area (Å²) in [5.74, 6) is -0.765. The van der Waals surface area contributed by atoms with Crippen LogP contribution in [0.15, 0.2) is 60.7 Å². The lowest BCUT2D eigenvalue weighted by atomic mass is 10.2. The summed E-state index contributed by atoms with van der Waals surface area (Å²) < 4.78 is 27.2. The zero-order valence-electron chi connectivity index (χ0n) is 18.8.